The molecular weight excluding hydrogens is 235 g/mol. The van der Waals surface area contributed by atoms with E-state index in [2.05, 4.69) is 20.4 Å². The summed E-state index contributed by atoms with van der Waals surface area (Å²) in [5.41, 5.74) is 0. The van der Waals surface area contributed by atoms with Crippen molar-refractivity contribution in [3.63, 3.8) is 0 Å². The van der Waals surface area contributed by atoms with Crippen LogP contribution in [0.15, 0.2) is 6.33 Å². The van der Waals surface area contributed by atoms with E-state index in [1.807, 2.05) is 4.57 Å². The number of hydrogen-bond donors (Lipinski definition) is 1. The van der Waals surface area contributed by atoms with E-state index in [9.17, 15) is 13.2 Å². The van der Waals surface area contributed by atoms with E-state index in [4.69, 9.17) is 0 Å². The fraction of sp³-hybridized carbons (Fsp3) is 0.778. The van der Waals surface area contributed by atoms with Crippen LogP contribution in [0, 0.1) is 0 Å². The molecule has 0 bridgehead atoms. The highest BCUT2D eigenvalue weighted by molar-refractivity contribution is 4.89. The first-order valence-corrected chi connectivity index (χ1v) is 5.41. The van der Waals surface area contributed by atoms with Gasteiger partial charge in [0.1, 0.15) is 12.2 Å². The Kier molecular flexibility index (Phi) is 3.63. The van der Waals surface area contributed by atoms with E-state index in [1.165, 1.54) is 0 Å². The molecule has 0 aromatic carbocycles. The molecule has 0 atom stereocenters. The monoisotopic (exact) mass is 249 g/mol. The summed E-state index contributed by atoms with van der Waals surface area (Å²) >= 11 is 0. The van der Waals surface area contributed by atoms with Crippen LogP contribution in [0.4, 0.5) is 13.2 Å². The summed E-state index contributed by atoms with van der Waals surface area (Å²) in [6, 6.07) is 0. The van der Waals surface area contributed by atoms with E-state index in [0.717, 1.165) is 18.9 Å². The number of nitrogens with zero attached hydrogens (tertiary/aromatic N) is 4. The van der Waals surface area contributed by atoms with Crippen LogP contribution < -0.4 is 5.32 Å². The fourth-order valence-electron chi connectivity index (χ4n) is 1.77. The summed E-state index contributed by atoms with van der Waals surface area (Å²) in [4.78, 5) is 2.06. The molecule has 0 aliphatic carbocycles. The molecule has 0 unspecified atom stereocenters. The lowest BCUT2D eigenvalue weighted by molar-refractivity contribution is -0.124. The molecular formula is C9H14F3N5. The summed E-state index contributed by atoms with van der Waals surface area (Å²) in [5.74, 6) is 0.868. The molecule has 2 rings (SSSR count). The van der Waals surface area contributed by atoms with Crippen molar-refractivity contribution < 1.29 is 13.2 Å². The van der Waals surface area contributed by atoms with Crippen LogP contribution in [0.1, 0.15) is 5.82 Å². The standard InChI is InChI=1S/C9H14F3N5/c10-9(11,12)6-13-1-2-16-3-4-17-7-14-15-8(17)5-16/h7,13H,1-6H2. The number of halogens is 3. The van der Waals surface area contributed by atoms with E-state index in [-0.39, 0.29) is 0 Å². The molecule has 1 N–H and O–H groups in total. The number of fused-ring (bicyclic) bond motifs is 1. The van der Waals surface area contributed by atoms with Gasteiger partial charge >= 0.3 is 6.18 Å². The van der Waals surface area contributed by atoms with Crippen LogP contribution in [0.5, 0.6) is 0 Å². The molecule has 0 saturated carbocycles. The lowest BCUT2D eigenvalue weighted by Gasteiger charge is -2.26. The Morgan fingerprint density at radius 1 is 1.35 bits per heavy atom. The number of rotatable bonds is 4. The Morgan fingerprint density at radius 3 is 2.94 bits per heavy atom. The minimum atomic E-state index is -4.14. The quantitative estimate of drug-likeness (QED) is 0.777. The largest absolute Gasteiger partial charge is 0.401 e. The zero-order valence-electron chi connectivity index (χ0n) is 9.24. The summed E-state index contributed by atoms with van der Waals surface area (Å²) in [7, 11) is 0. The second kappa shape index (κ2) is 5.01. The zero-order chi connectivity index (χ0) is 12.3. The average Bonchev–Trinajstić information content (AvgIpc) is 2.70. The summed E-state index contributed by atoms with van der Waals surface area (Å²) < 4.78 is 37.6. The summed E-state index contributed by atoms with van der Waals surface area (Å²) in [5, 5.41) is 10.1. The van der Waals surface area contributed by atoms with E-state index in [0.29, 0.717) is 19.6 Å². The van der Waals surface area contributed by atoms with E-state index in [1.54, 1.807) is 6.33 Å². The van der Waals surface area contributed by atoms with Gasteiger partial charge in [0, 0.05) is 26.2 Å². The second-order valence-corrected chi connectivity index (χ2v) is 4.01. The van der Waals surface area contributed by atoms with Crippen molar-refractivity contribution in [2.45, 2.75) is 19.3 Å². The second-order valence-electron chi connectivity index (χ2n) is 4.01. The van der Waals surface area contributed by atoms with Gasteiger partial charge in [-0.3, -0.25) is 4.90 Å². The van der Waals surface area contributed by atoms with E-state index >= 15 is 0 Å². The first-order valence-electron chi connectivity index (χ1n) is 5.41. The lowest BCUT2D eigenvalue weighted by atomic mass is 10.3. The maximum atomic E-state index is 11.9. The van der Waals surface area contributed by atoms with Gasteiger partial charge in [-0.2, -0.15) is 13.2 Å². The van der Waals surface area contributed by atoms with Crippen molar-refractivity contribution >= 4 is 0 Å². The Morgan fingerprint density at radius 2 is 2.18 bits per heavy atom. The van der Waals surface area contributed by atoms with Gasteiger partial charge in [0.2, 0.25) is 0 Å². The Bertz CT molecular complexity index is 362. The Balaban J connectivity index is 1.68. The topological polar surface area (TPSA) is 46.0 Å². The molecule has 1 aromatic heterocycles. The van der Waals surface area contributed by atoms with Crippen molar-refractivity contribution in [2.24, 2.45) is 0 Å². The maximum Gasteiger partial charge on any atom is 0.401 e. The Labute approximate surface area is 96.6 Å². The van der Waals surface area contributed by atoms with Gasteiger partial charge in [0.15, 0.2) is 0 Å². The smallest absolute Gasteiger partial charge is 0.315 e. The third kappa shape index (κ3) is 3.67. The van der Waals surface area contributed by atoms with Crippen LogP contribution >= 0.6 is 0 Å². The molecule has 5 nitrogen and oxygen atoms in total. The van der Waals surface area contributed by atoms with Crippen molar-refractivity contribution in [3.8, 4) is 0 Å². The molecule has 1 aliphatic rings. The molecule has 8 heteroatoms. The highest BCUT2D eigenvalue weighted by atomic mass is 19.4. The molecule has 96 valence electrons. The molecule has 0 spiro atoms. The van der Waals surface area contributed by atoms with Gasteiger partial charge in [-0.15, -0.1) is 10.2 Å². The Hall–Kier alpha value is -1.15. The predicted octanol–water partition coefficient (Wildman–Crippen LogP) is 0.246. The van der Waals surface area contributed by atoms with Crippen molar-refractivity contribution in [1.82, 2.24) is 25.0 Å². The SMILES string of the molecule is FC(F)(F)CNCCN1CCn2cnnc2C1. The molecule has 0 saturated heterocycles. The van der Waals surface area contributed by atoms with Gasteiger partial charge in [-0.1, -0.05) is 0 Å². The van der Waals surface area contributed by atoms with Crippen molar-refractivity contribution in [3.05, 3.63) is 12.2 Å². The predicted molar refractivity (Wildman–Crippen MR) is 54.2 cm³/mol. The molecule has 1 aliphatic heterocycles. The van der Waals surface area contributed by atoms with Crippen LogP contribution in [-0.2, 0) is 13.1 Å². The van der Waals surface area contributed by atoms with Gasteiger partial charge in [0.25, 0.3) is 0 Å². The summed E-state index contributed by atoms with van der Waals surface area (Å²) in [6.07, 6.45) is -2.46. The highest BCUT2D eigenvalue weighted by Crippen LogP contribution is 2.12. The maximum absolute atomic E-state index is 11.9. The zero-order valence-corrected chi connectivity index (χ0v) is 9.24. The normalized spacial score (nSPS) is 17.1. The molecule has 0 amide bonds. The molecule has 17 heavy (non-hydrogen) atoms. The molecule has 0 radical (unpaired) electrons. The van der Waals surface area contributed by atoms with Crippen LogP contribution in [0.25, 0.3) is 0 Å². The van der Waals surface area contributed by atoms with Crippen LogP contribution in [-0.4, -0.2) is 52.0 Å². The van der Waals surface area contributed by atoms with Gasteiger partial charge in [-0.05, 0) is 0 Å². The van der Waals surface area contributed by atoms with E-state index < -0.39 is 12.7 Å². The lowest BCUT2D eigenvalue weighted by Crippen LogP contribution is -2.40. The highest BCUT2D eigenvalue weighted by Gasteiger charge is 2.26. The number of hydrogen-bond acceptors (Lipinski definition) is 4. The number of alkyl halides is 3. The van der Waals surface area contributed by atoms with Crippen LogP contribution in [0.3, 0.4) is 0 Å². The van der Waals surface area contributed by atoms with Crippen molar-refractivity contribution in [1.29, 1.82) is 0 Å². The van der Waals surface area contributed by atoms with Gasteiger partial charge in [-0.25, -0.2) is 0 Å². The fourth-order valence-corrected chi connectivity index (χ4v) is 1.77. The first kappa shape index (κ1) is 12.3. The first-order chi connectivity index (χ1) is 8.04. The average molecular weight is 249 g/mol. The number of nitrogens with one attached hydrogen (secondary N) is 1. The molecule has 0 fully saturated rings. The van der Waals surface area contributed by atoms with Gasteiger partial charge in [0.05, 0.1) is 13.1 Å². The minimum absolute atomic E-state index is 0.327. The third-order valence-electron chi connectivity index (χ3n) is 2.65. The minimum Gasteiger partial charge on any atom is -0.315 e. The van der Waals surface area contributed by atoms with Gasteiger partial charge < -0.3 is 9.88 Å². The van der Waals surface area contributed by atoms with Crippen molar-refractivity contribution in [2.75, 3.05) is 26.2 Å². The molecule has 1 aromatic rings. The molecule has 2 heterocycles. The number of aromatic nitrogens is 3. The third-order valence-corrected chi connectivity index (χ3v) is 2.65. The summed E-state index contributed by atoms with van der Waals surface area (Å²) in [6.45, 7) is 2.24. The van der Waals surface area contributed by atoms with Crippen LogP contribution in [0.2, 0.25) is 0 Å².